The van der Waals surface area contributed by atoms with Gasteiger partial charge in [-0.15, -0.1) is 11.3 Å². The smallest absolute Gasteiger partial charge is 0.305 e. The number of carboxylic acid groups (broad SMARTS) is 1. The Labute approximate surface area is 180 Å². The van der Waals surface area contributed by atoms with Crippen molar-refractivity contribution in [3.8, 4) is 0 Å². The Balaban J connectivity index is 1.83. The van der Waals surface area contributed by atoms with E-state index < -0.39 is 48.7 Å². The normalized spacial score (nSPS) is 17.5. The molecule has 2 N–H and O–H groups in total. The first-order chi connectivity index (χ1) is 14.3. The number of likely N-dealkylation sites (tertiary alicyclic amines) is 1. The molecule has 0 bridgehead atoms. The van der Waals surface area contributed by atoms with E-state index in [4.69, 9.17) is 16.7 Å². The highest BCUT2D eigenvalue weighted by molar-refractivity contribution is 7.21. The molecule has 2 amide bonds. The van der Waals surface area contributed by atoms with Gasteiger partial charge in [0.1, 0.15) is 23.6 Å². The third-order valence-corrected chi connectivity index (χ3v) is 6.67. The summed E-state index contributed by atoms with van der Waals surface area (Å²) in [6.07, 6.45) is 1.00. The molecule has 2 heterocycles. The first-order valence-corrected chi connectivity index (χ1v) is 10.6. The zero-order valence-electron chi connectivity index (χ0n) is 15.9. The van der Waals surface area contributed by atoms with Crippen LogP contribution in [0.15, 0.2) is 24.3 Å². The minimum Gasteiger partial charge on any atom is -0.481 e. The van der Waals surface area contributed by atoms with E-state index in [9.17, 15) is 23.6 Å². The molecule has 1 aromatic carbocycles. The average Bonchev–Trinajstić information content (AvgIpc) is 3.08. The lowest BCUT2D eigenvalue weighted by Crippen LogP contribution is -2.55. The van der Waals surface area contributed by atoms with Crippen molar-refractivity contribution in [2.24, 2.45) is 0 Å². The molecule has 3 rings (SSSR count). The number of ketones is 1. The van der Waals surface area contributed by atoms with E-state index >= 15 is 0 Å². The average molecular weight is 455 g/mol. The molecule has 1 aliphatic rings. The second-order valence-electron chi connectivity index (χ2n) is 7.01. The van der Waals surface area contributed by atoms with Crippen molar-refractivity contribution in [3.05, 3.63) is 34.2 Å². The number of thiophene rings is 1. The van der Waals surface area contributed by atoms with Gasteiger partial charge in [0, 0.05) is 16.6 Å². The lowest BCUT2D eigenvalue weighted by Gasteiger charge is -2.35. The maximum atomic E-state index is 13.2. The van der Waals surface area contributed by atoms with Crippen LogP contribution in [-0.4, -0.2) is 58.9 Å². The molecule has 1 aliphatic heterocycles. The number of Topliss-reactive ketones (excluding diaryl/α,β-unsaturated/α-hetero) is 1. The van der Waals surface area contributed by atoms with Gasteiger partial charge in [0.2, 0.25) is 5.91 Å². The molecular weight excluding hydrogens is 435 g/mol. The molecule has 1 saturated heterocycles. The summed E-state index contributed by atoms with van der Waals surface area (Å²) in [4.78, 5) is 50.4. The number of piperidine rings is 1. The Morgan fingerprint density at radius 3 is 2.67 bits per heavy atom. The predicted molar refractivity (Wildman–Crippen MR) is 111 cm³/mol. The number of halogens is 2. The second kappa shape index (κ2) is 9.53. The predicted octanol–water partition coefficient (Wildman–Crippen LogP) is 3.05. The summed E-state index contributed by atoms with van der Waals surface area (Å²) >= 11 is 7.65. The van der Waals surface area contributed by atoms with Crippen LogP contribution in [0.4, 0.5) is 4.39 Å². The summed E-state index contributed by atoms with van der Waals surface area (Å²) in [5, 5.41) is 12.3. The Kier molecular flexibility index (Phi) is 7.04. The lowest BCUT2D eigenvalue weighted by atomic mass is 10.00. The third-order valence-electron chi connectivity index (χ3n) is 5.01. The topological polar surface area (TPSA) is 104 Å². The Bertz CT molecular complexity index is 995. The van der Waals surface area contributed by atoms with Gasteiger partial charge in [0.15, 0.2) is 5.78 Å². The number of nitrogens with zero attached hydrogens (tertiary/aromatic N) is 1. The SMILES string of the molecule is O=C(O)CC(NC(=O)C1CCCCN1C(=O)c1sc2ccccc2c1Cl)C(=O)CF. The van der Waals surface area contributed by atoms with Gasteiger partial charge < -0.3 is 15.3 Å². The van der Waals surface area contributed by atoms with E-state index in [1.165, 1.54) is 16.2 Å². The molecule has 1 fully saturated rings. The summed E-state index contributed by atoms with van der Waals surface area (Å²) in [6.45, 7) is -1.06. The fourth-order valence-corrected chi connectivity index (χ4v) is 4.98. The highest BCUT2D eigenvalue weighted by atomic mass is 35.5. The zero-order valence-corrected chi connectivity index (χ0v) is 17.5. The first kappa shape index (κ1) is 22.2. The highest BCUT2D eigenvalue weighted by Gasteiger charge is 2.36. The van der Waals surface area contributed by atoms with E-state index in [0.717, 1.165) is 10.1 Å². The van der Waals surface area contributed by atoms with Crippen molar-refractivity contribution in [3.63, 3.8) is 0 Å². The molecule has 2 unspecified atom stereocenters. The highest BCUT2D eigenvalue weighted by Crippen LogP contribution is 2.36. The summed E-state index contributed by atoms with van der Waals surface area (Å²) in [6, 6.07) is 4.94. The standard InChI is InChI=1S/C20H20ClFN2O5S/c21-17-11-5-1-2-7-15(11)30-18(17)20(29)24-8-4-3-6-13(24)19(28)23-12(9-16(26)27)14(25)10-22/h1-2,5,7,12-13H,3-4,6,8-10H2,(H,23,28)(H,26,27). The largest absolute Gasteiger partial charge is 0.481 e. The van der Waals surface area contributed by atoms with Crippen molar-refractivity contribution >= 4 is 56.6 Å². The molecule has 0 saturated carbocycles. The van der Waals surface area contributed by atoms with Gasteiger partial charge in [0.05, 0.1) is 11.4 Å². The third kappa shape index (κ3) is 4.62. The number of fused-ring (bicyclic) bond motifs is 1. The van der Waals surface area contributed by atoms with Gasteiger partial charge in [-0.1, -0.05) is 29.8 Å². The molecule has 30 heavy (non-hydrogen) atoms. The monoisotopic (exact) mass is 454 g/mol. The number of rotatable bonds is 7. The number of hydrogen-bond donors (Lipinski definition) is 2. The first-order valence-electron chi connectivity index (χ1n) is 9.42. The lowest BCUT2D eigenvalue weighted by molar-refractivity contribution is -0.140. The maximum Gasteiger partial charge on any atom is 0.305 e. The van der Waals surface area contributed by atoms with E-state index in [1.807, 2.05) is 24.3 Å². The molecule has 2 atom stereocenters. The summed E-state index contributed by atoms with van der Waals surface area (Å²) in [5.74, 6) is -3.43. The molecular formula is C20H20ClFN2O5S. The number of benzene rings is 1. The number of nitrogens with one attached hydrogen (secondary N) is 1. The van der Waals surface area contributed by atoms with E-state index in [-0.39, 0.29) is 0 Å². The number of carboxylic acids is 1. The fraction of sp³-hybridized carbons (Fsp3) is 0.400. The number of carbonyl (C=O) groups is 4. The number of alkyl halides is 1. The summed E-state index contributed by atoms with van der Waals surface area (Å²) in [7, 11) is 0. The van der Waals surface area contributed by atoms with E-state index in [2.05, 4.69) is 5.32 Å². The molecule has 7 nitrogen and oxygen atoms in total. The van der Waals surface area contributed by atoms with Crippen molar-refractivity contribution in [1.29, 1.82) is 0 Å². The Morgan fingerprint density at radius 2 is 2.00 bits per heavy atom. The second-order valence-corrected chi connectivity index (χ2v) is 8.44. The van der Waals surface area contributed by atoms with Crippen molar-refractivity contribution < 1.29 is 28.7 Å². The van der Waals surface area contributed by atoms with Gasteiger partial charge in [-0.2, -0.15) is 0 Å². The quantitative estimate of drug-likeness (QED) is 0.669. The number of aliphatic carboxylic acids is 1. The van der Waals surface area contributed by atoms with Crippen molar-refractivity contribution in [2.45, 2.75) is 37.8 Å². The van der Waals surface area contributed by atoms with Gasteiger partial charge in [0.25, 0.3) is 5.91 Å². The minimum absolute atomic E-state index is 0.319. The van der Waals surface area contributed by atoms with Crippen molar-refractivity contribution in [1.82, 2.24) is 10.2 Å². The molecule has 2 aromatic rings. The van der Waals surface area contributed by atoms with Crippen LogP contribution in [0.25, 0.3) is 10.1 Å². The fourth-order valence-electron chi connectivity index (χ4n) is 3.51. The molecule has 160 valence electrons. The Morgan fingerprint density at radius 1 is 1.27 bits per heavy atom. The number of amides is 2. The molecule has 0 spiro atoms. The van der Waals surface area contributed by atoms with Crippen LogP contribution in [0.3, 0.4) is 0 Å². The summed E-state index contributed by atoms with van der Waals surface area (Å²) in [5.41, 5.74) is 0. The molecule has 10 heteroatoms. The number of hydrogen-bond acceptors (Lipinski definition) is 5. The van der Waals surface area contributed by atoms with Gasteiger partial charge in [-0.05, 0) is 25.3 Å². The maximum absolute atomic E-state index is 13.2. The van der Waals surface area contributed by atoms with Crippen LogP contribution < -0.4 is 5.32 Å². The van der Waals surface area contributed by atoms with Crippen LogP contribution in [0.2, 0.25) is 5.02 Å². The van der Waals surface area contributed by atoms with Crippen LogP contribution in [0, 0.1) is 0 Å². The van der Waals surface area contributed by atoms with Crippen molar-refractivity contribution in [2.75, 3.05) is 13.2 Å². The number of carbonyl (C=O) groups excluding carboxylic acids is 3. The van der Waals surface area contributed by atoms with E-state index in [0.29, 0.717) is 35.7 Å². The Hall–Kier alpha value is -2.52. The summed E-state index contributed by atoms with van der Waals surface area (Å²) < 4.78 is 13.6. The van der Waals surface area contributed by atoms with Crippen LogP contribution in [0.5, 0.6) is 0 Å². The molecule has 0 radical (unpaired) electrons. The van der Waals surface area contributed by atoms with Gasteiger partial charge in [-0.25, -0.2) is 4.39 Å². The zero-order chi connectivity index (χ0) is 21.8. The molecule has 0 aliphatic carbocycles. The minimum atomic E-state index is -1.48. The molecule has 1 aromatic heterocycles. The van der Waals surface area contributed by atoms with Gasteiger partial charge >= 0.3 is 5.97 Å². The van der Waals surface area contributed by atoms with Crippen LogP contribution in [-0.2, 0) is 14.4 Å². The van der Waals surface area contributed by atoms with Gasteiger partial charge in [-0.3, -0.25) is 19.2 Å². The van der Waals surface area contributed by atoms with E-state index in [1.54, 1.807) is 0 Å². The van der Waals surface area contributed by atoms with Crippen LogP contribution in [0.1, 0.15) is 35.4 Å². The van der Waals surface area contributed by atoms with Crippen LogP contribution >= 0.6 is 22.9 Å².